The summed E-state index contributed by atoms with van der Waals surface area (Å²) in [5, 5.41) is 0. The van der Waals surface area contributed by atoms with Crippen molar-refractivity contribution in [2.45, 2.75) is 63.9 Å². The first-order valence-electron chi connectivity index (χ1n) is 10.7. The summed E-state index contributed by atoms with van der Waals surface area (Å²) in [6, 6.07) is 0. The minimum absolute atomic E-state index is 0.0560. The summed E-state index contributed by atoms with van der Waals surface area (Å²) in [5.41, 5.74) is 2.02. The summed E-state index contributed by atoms with van der Waals surface area (Å²) in [4.78, 5) is 12.0. The molecule has 0 radical (unpaired) electrons. The fourth-order valence-electron chi connectivity index (χ4n) is 8.55. The van der Waals surface area contributed by atoms with Crippen LogP contribution in [0.25, 0.3) is 0 Å². The number of hydrogen-bond acceptors (Lipinski definition) is 2. The number of fused-ring (bicyclic) bond motifs is 9. The van der Waals surface area contributed by atoms with Crippen LogP contribution in [-0.2, 0) is 9.53 Å². The zero-order valence-electron chi connectivity index (χ0n) is 15.4. The molecule has 6 rings (SSSR count). The van der Waals surface area contributed by atoms with E-state index in [4.69, 9.17) is 4.74 Å². The van der Waals surface area contributed by atoms with Gasteiger partial charge in [-0.3, -0.25) is 4.79 Å². The molecule has 8 atom stereocenters. The highest BCUT2D eigenvalue weighted by atomic mass is 16.5. The first-order valence-corrected chi connectivity index (χ1v) is 10.7. The van der Waals surface area contributed by atoms with Gasteiger partial charge < -0.3 is 4.74 Å². The van der Waals surface area contributed by atoms with Gasteiger partial charge in [-0.25, -0.2) is 0 Å². The van der Waals surface area contributed by atoms with Crippen LogP contribution in [0.15, 0.2) is 23.8 Å². The molecule has 0 aromatic carbocycles. The summed E-state index contributed by atoms with van der Waals surface area (Å²) in [7, 11) is 0. The standard InChI is InChI=1S/C23H30O2/c1-2-22-9-6-16-15-5-4-14(24)12-17(15)18-13-19(18)21(16)20(22)7-10-23(22)8-3-11-25-23/h3,8,12,15-16,18-21H,2,4-7,9-11,13H2,1H3/t15-,16?,18-,19?,20?,21?,22+,23+/m1/s1. The average Bonchev–Trinajstić information content (AvgIpc) is 3.18. The lowest BCUT2D eigenvalue weighted by atomic mass is 9.49. The number of carbonyl (C=O) groups is 1. The molecule has 0 saturated heterocycles. The molecule has 0 aromatic heterocycles. The van der Waals surface area contributed by atoms with Crippen molar-refractivity contribution in [1.82, 2.24) is 0 Å². The maximum Gasteiger partial charge on any atom is 0.155 e. The van der Waals surface area contributed by atoms with Crippen molar-refractivity contribution >= 4 is 5.78 Å². The van der Waals surface area contributed by atoms with Gasteiger partial charge >= 0.3 is 0 Å². The van der Waals surface area contributed by atoms with Crippen molar-refractivity contribution in [3.63, 3.8) is 0 Å². The Hall–Kier alpha value is -0.890. The number of rotatable bonds is 1. The van der Waals surface area contributed by atoms with Crippen LogP contribution in [0.2, 0.25) is 0 Å². The lowest BCUT2D eigenvalue weighted by Gasteiger charge is -2.56. The number of allylic oxidation sites excluding steroid dienone is 1. The zero-order chi connectivity index (χ0) is 16.8. The van der Waals surface area contributed by atoms with Crippen LogP contribution in [0.1, 0.15) is 58.3 Å². The van der Waals surface area contributed by atoms with Crippen molar-refractivity contribution in [2.24, 2.45) is 40.9 Å². The van der Waals surface area contributed by atoms with Gasteiger partial charge in [-0.1, -0.05) is 24.6 Å². The van der Waals surface area contributed by atoms with Gasteiger partial charge in [0.25, 0.3) is 0 Å². The van der Waals surface area contributed by atoms with Gasteiger partial charge in [0.1, 0.15) is 0 Å². The van der Waals surface area contributed by atoms with Crippen LogP contribution in [0.3, 0.4) is 0 Å². The van der Waals surface area contributed by atoms with Crippen LogP contribution < -0.4 is 0 Å². The van der Waals surface area contributed by atoms with Gasteiger partial charge in [-0.15, -0.1) is 0 Å². The Morgan fingerprint density at radius 2 is 2.08 bits per heavy atom. The third-order valence-electron chi connectivity index (χ3n) is 9.45. The van der Waals surface area contributed by atoms with Gasteiger partial charge in [-0.05, 0) is 86.5 Å². The molecule has 4 unspecified atom stereocenters. The molecule has 25 heavy (non-hydrogen) atoms. The van der Waals surface area contributed by atoms with Crippen LogP contribution in [-0.4, -0.2) is 18.0 Å². The molecule has 0 N–H and O–H groups in total. The van der Waals surface area contributed by atoms with E-state index in [0.29, 0.717) is 11.2 Å². The third kappa shape index (κ3) is 1.73. The minimum atomic E-state index is 0.0560. The van der Waals surface area contributed by atoms with Crippen LogP contribution >= 0.6 is 0 Å². The molecule has 6 aliphatic rings. The maximum atomic E-state index is 12.0. The molecular weight excluding hydrogens is 308 g/mol. The quantitative estimate of drug-likeness (QED) is 0.648. The van der Waals surface area contributed by atoms with E-state index < -0.39 is 0 Å². The molecule has 1 spiro atoms. The predicted octanol–water partition coefficient (Wildman–Crippen LogP) is 4.70. The lowest BCUT2D eigenvalue weighted by Crippen LogP contribution is -2.54. The Kier molecular flexibility index (Phi) is 2.97. The number of hydrogen-bond donors (Lipinski definition) is 0. The Balaban J connectivity index is 1.40. The fraction of sp³-hybridized carbons (Fsp3) is 0.783. The summed E-state index contributed by atoms with van der Waals surface area (Å²) in [5.74, 6) is 5.40. The van der Waals surface area contributed by atoms with E-state index >= 15 is 0 Å². The predicted molar refractivity (Wildman–Crippen MR) is 96.9 cm³/mol. The second-order valence-corrected chi connectivity index (χ2v) is 9.80. The van der Waals surface area contributed by atoms with Crippen molar-refractivity contribution in [2.75, 3.05) is 6.61 Å². The van der Waals surface area contributed by atoms with Crippen molar-refractivity contribution in [3.05, 3.63) is 23.8 Å². The molecule has 4 fully saturated rings. The van der Waals surface area contributed by atoms with Crippen molar-refractivity contribution in [3.8, 4) is 0 Å². The molecular formula is C23H30O2. The van der Waals surface area contributed by atoms with Gasteiger partial charge in [-0.2, -0.15) is 0 Å². The van der Waals surface area contributed by atoms with E-state index in [9.17, 15) is 4.79 Å². The molecule has 1 heterocycles. The molecule has 2 nitrogen and oxygen atoms in total. The van der Waals surface area contributed by atoms with Crippen LogP contribution in [0.4, 0.5) is 0 Å². The first-order chi connectivity index (χ1) is 12.2. The summed E-state index contributed by atoms with van der Waals surface area (Å²) >= 11 is 0. The average molecular weight is 338 g/mol. The van der Waals surface area contributed by atoms with E-state index in [2.05, 4.69) is 25.2 Å². The van der Waals surface area contributed by atoms with Gasteiger partial charge in [0.15, 0.2) is 5.78 Å². The van der Waals surface area contributed by atoms with E-state index in [1.807, 2.05) is 0 Å². The second kappa shape index (κ2) is 4.88. The summed E-state index contributed by atoms with van der Waals surface area (Å²) in [6.45, 7) is 3.25. The topological polar surface area (TPSA) is 26.3 Å². The molecule has 134 valence electrons. The van der Waals surface area contributed by atoms with Crippen molar-refractivity contribution < 1.29 is 9.53 Å². The zero-order valence-corrected chi connectivity index (χ0v) is 15.4. The largest absolute Gasteiger partial charge is 0.366 e. The highest BCUT2D eigenvalue weighted by Gasteiger charge is 2.69. The summed E-state index contributed by atoms with van der Waals surface area (Å²) in [6.07, 6.45) is 16.7. The van der Waals surface area contributed by atoms with Crippen LogP contribution in [0, 0.1) is 40.9 Å². The van der Waals surface area contributed by atoms with E-state index in [-0.39, 0.29) is 5.60 Å². The smallest absolute Gasteiger partial charge is 0.155 e. The number of ether oxygens (including phenoxy) is 1. The van der Waals surface area contributed by atoms with Gasteiger partial charge in [0.05, 0.1) is 12.2 Å². The molecule has 0 bridgehead atoms. The van der Waals surface area contributed by atoms with Crippen LogP contribution in [0.5, 0.6) is 0 Å². The second-order valence-electron chi connectivity index (χ2n) is 9.80. The van der Waals surface area contributed by atoms with E-state index in [0.717, 1.165) is 55.0 Å². The SMILES string of the molecule is CC[C@]12CCC3C(C4C[C@@H]4C4=CC(=O)CC[C@@H]43)C1CC[C@@]21C=CCO1. The fourth-order valence-corrected chi connectivity index (χ4v) is 8.55. The summed E-state index contributed by atoms with van der Waals surface area (Å²) < 4.78 is 6.45. The monoisotopic (exact) mass is 338 g/mol. The van der Waals surface area contributed by atoms with Crippen molar-refractivity contribution in [1.29, 1.82) is 0 Å². The number of carbonyl (C=O) groups excluding carboxylic acids is 1. The van der Waals surface area contributed by atoms with E-state index in [1.165, 1.54) is 38.5 Å². The molecule has 1 aliphatic heterocycles. The minimum Gasteiger partial charge on any atom is -0.366 e. The first kappa shape index (κ1) is 15.2. The van der Waals surface area contributed by atoms with Gasteiger partial charge in [0, 0.05) is 11.8 Å². The normalized spacial score (nSPS) is 55.4. The lowest BCUT2D eigenvalue weighted by molar-refractivity contribution is -0.127. The highest BCUT2D eigenvalue weighted by Crippen LogP contribution is 2.73. The molecule has 4 saturated carbocycles. The molecule has 5 aliphatic carbocycles. The third-order valence-corrected chi connectivity index (χ3v) is 9.45. The van der Waals surface area contributed by atoms with E-state index in [1.54, 1.807) is 5.57 Å². The Labute approximate surface area is 151 Å². The molecule has 2 heteroatoms. The highest BCUT2D eigenvalue weighted by molar-refractivity contribution is 5.91. The van der Waals surface area contributed by atoms with Gasteiger partial charge in [0.2, 0.25) is 0 Å². The Morgan fingerprint density at radius 3 is 2.88 bits per heavy atom. The Morgan fingerprint density at radius 1 is 1.16 bits per heavy atom. The molecule has 0 aromatic rings. The number of ketones is 1. The maximum absolute atomic E-state index is 12.0. The Bertz CT molecular complexity index is 690. The molecule has 0 amide bonds.